The average molecular weight is 533 g/mol. The predicted molar refractivity (Wildman–Crippen MR) is 136 cm³/mol. The van der Waals surface area contributed by atoms with E-state index >= 15 is 0 Å². The molecule has 6 nitrogen and oxygen atoms in total. The highest BCUT2D eigenvalue weighted by Crippen LogP contribution is 2.23. The number of hydrogen-bond acceptors (Lipinski definition) is 4. The van der Waals surface area contributed by atoms with Crippen LogP contribution in [0.5, 0.6) is 0 Å². The summed E-state index contributed by atoms with van der Waals surface area (Å²) in [5.41, 5.74) is 2.30. The summed E-state index contributed by atoms with van der Waals surface area (Å²) < 4.78 is 5.41. The zero-order chi connectivity index (χ0) is 21.3. The van der Waals surface area contributed by atoms with Gasteiger partial charge in [-0.2, -0.15) is 0 Å². The van der Waals surface area contributed by atoms with Crippen LogP contribution < -0.4 is 10.6 Å². The number of nitrogens with zero attached hydrogens (tertiary/aromatic N) is 2. The van der Waals surface area contributed by atoms with E-state index < -0.39 is 6.10 Å². The Bertz CT molecular complexity index is 625. The van der Waals surface area contributed by atoms with Crippen molar-refractivity contribution >= 4 is 29.9 Å². The van der Waals surface area contributed by atoms with E-state index in [-0.39, 0.29) is 29.4 Å². The van der Waals surface area contributed by atoms with E-state index in [2.05, 4.69) is 62.3 Å². The van der Waals surface area contributed by atoms with E-state index in [4.69, 9.17) is 9.73 Å². The van der Waals surface area contributed by atoms with Gasteiger partial charge in [0, 0.05) is 39.3 Å². The molecule has 2 atom stereocenters. The number of nitrogens with one attached hydrogen (secondary N) is 2. The number of aliphatic hydroxyl groups is 1. The van der Waals surface area contributed by atoms with Gasteiger partial charge in [0.2, 0.25) is 0 Å². The first-order chi connectivity index (χ1) is 13.8. The highest BCUT2D eigenvalue weighted by Gasteiger charge is 2.16. The Balaban J connectivity index is 0.00000450. The van der Waals surface area contributed by atoms with Gasteiger partial charge in [-0.15, -0.1) is 24.0 Å². The van der Waals surface area contributed by atoms with Crippen molar-refractivity contribution in [3.63, 3.8) is 0 Å². The topological polar surface area (TPSA) is 69.1 Å². The maximum absolute atomic E-state index is 10.6. The molecule has 1 aromatic carbocycles. The fourth-order valence-electron chi connectivity index (χ4n) is 3.39. The standard InChI is InChI=1S/C23H40N4O2.HI/c1-6-24-22(25-15-18(2)17-27-11-13-29-14-12-27)26-16-21(28)19-7-9-20(10-8-19)23(3,4)5;/h7-10,18,21,28H,6,11-17H2,1-5H3,(H2,24,25,26);1H. The van der Waals surface area contributed by atoms with Gasteiger partial charge in [0.15, 0.2) is 5.96 Å². The first-order valence-electron chi connectivity index (χ1n) is 10.9. The van der Waals surface area contributed by atoms with Crippen LogP contribution in [0, 0.1) is 5.92 Å². The van der Waals surface area contributed by atoms with Gasteiger partial charge in [0.25, 0.3) is 0 Å². The van der Waals surface area contributed by atoms with Gasteiger partial charge < -0.3 is 20.5 Å². The van der Waals surface area contributed by atoms with Crippen molar-refractivity contribution in [3.05, 3.63) is 35.4 Å². The van der Waals surface area contributed by atoms with Crippen molar-refractivity contribution in [3.8, 4) is 0 Å². The fraction of sp³-hybridized carbons (Fsp3) is 0.696. The number of rotatable bonds is 8. The molecule has 1 aliphatic rings. The van der Waals surface area contributed by atoms with Crippen molar-refractivity contribution in [1.82, 2.24) is 15.5 Å². The molecular formula is C23H41IN4O2. The average Bonchev–Trinajstić information content (AvgIpc) is 2.70. The molecule has 172 valence electrons. The second-order valence-electron chi connectivity index (χ2n) is 9.01. The number of guanidine groups is 1. The molecule has 7 heteroatoms. The lowest BCUT2D eigenvalue weighted by atomic mass is 9.86. The van der Waals surface area contributed by atoms with Crippen molar-refractivity contribution in [2.75, 3.05) is 52.5 Å². The highest BCUT2D eigenvalue weighted by molar-refractivity contribution is 14.0. The molecule has 0 aromatic heterocycles. The Kier molecular flexibility index (Phi) is 12.2. The van der Waals surface area contributed by atoms with Crippen LogP contribution in [0.25, 0.3) is 0 Å². The third kappa shape index (κ3) is 9.49. The lowest BCUT2D eigenvalue weighted by Crippen LogP contribution is -2.41. The number of morpholine rings is 1. The summed E-state index contributed by atoms with van der Waals surface area (Å²) in [5, 5.41) is 17.1. The summed E-state index contributed by atoms with van der Waals surface area (Å²) in [5.74, 6) is 1.23. The molecule has 0 aliphatic carbocycles. The van der Waals surface area contributed by atoms with Gasteiger partial charge in [-0.05, 0) is 29.4 Å². The Morgan fingerprint density at radius 1 is 1.17 bits per heavy atom. The fourth-order valence-corrected chi connectivity index (χ4v) is 3.39. The smallest absolute Gasteiger partial charge is 0.191 e. The van der Waals surface area contributed by atoms with Crippen molar-refractivity contribution < 1.29 is 9.84 Å². The van der Waals surface area contributed by atoms with E-state index in [1.807, 2.05) is 12.1 Å². The van der Waals surface area contributed by atoms with E-state index in [0.717, 1.165) is 57.5 Å². The lowest BCUT2D eigenvalue weighted by Gasteiger charge is -2.28. The Labute approximate surface area is 199 Å². The normalized spacial score (nSPS) is 17.7. The number of ether oxygens (including phenoxy) is 1. The quantitative estimate of drug-likeness (QED) is 0.273. The molecule has 1 saturated heterocycles. The summed E-state index contributed by atoms with van der Waals surface area (Å²) in [4.78, 5) is 7.16. The number of halogens is 1. The van der Waals surface area contributed by atoms with E-state index in [1.54, 1.807) is 0 Å². The zero-order valence-electron chi connectivity index (χ0n) is 19.3. The molecule has 0 spiro atoms. The second kappa shape index (κ2) is 13.5. The van der Waals surface area contributed by atoms with Crippen LogP contribution in [0.3, 0.4) is 0 Å². The minimum absolute atomic E-state index is 0. The van der Waals surface area contributed by atoms with Gasteiger partial charge in [-0.1, -0.05) is 52.0 Å². The van der Waals surface area contributed by atoms with Crippen LogP contribution in [-0.4, -0.2) is 68.4 Å². The Morgan fingerprint density at radius 2 is 1.80 bits per heavy atom. The van der Waals surface area contributed by atoms with Gasteiger partial charge in [-0.25, -0.2) is 0 Å². The van der Waals surface area contributed by atoms with Crippen LogP contribution in [0.1, 0.15) is 51.8 Å². The number of hydrogen-bond donors (Lipinski definition) is 3. The van der Waals surface area contributed by atoms with Crippen molar-refractivity contribution in [1.29, 1.82) is 0 Å². The summed E-state index contributed by atoms with van der Waals surface area (Å²) >= 11 is 0. The van der Waals surface area contributed by atoms with E-state index in [9.17, 15) is 5.11 Å². The third-order valence-electron chi connectivity index (χ3n) is 5.20. The van der Waals surface area contributed by atoms with E-state index in [1.165, 1.54) is 5.56 Å². The van der Waals surface area contributed by atoms with Crippen molar-refractivity contribution in [2.45, 2.75) is 46.1 Å². The van der Waals surface area contributed by atoms with Crippen molar-refractivity contribution in [2.24, 2.45) is 10.9 Å². The number of aliphatic imine (C=N–C) groups is 1. The second-order valence-corrected chi connectivity index (χ2v) is 9.01. The maximum Gasteiger partial charge on any atom is 0.191 e. The van der Waals surface area contributed by atoms with Gasteiger partial charge in [0.1, 0.15) is 0 Å². The predicted octanol–water partition coefficient (Wildman–Crippen LogP) is 3.16. The summed E-state index contributed by atoms with van der Waals surface area (Å²) in [6.45, 7) is 17.5. The molecule has 30 heavy (non-hydrogen) atoms. The molecule has 0 amide bonds. The molecule has 0 radical (unpaired) electrons. The molecule has 1 aliphatic heterocycles. The molecule has 2 rings (SSSR count). The SMILES string of the molecule is CCNC(=NCC(C)CN1CCOCC1)NCC(O)c1ccc(C(C)(C)C)cc1.I. The molecular weight excluding hydrogens is 491 g/mol. The zero-order valence-corrected chi connectivity index (χ0v) is 21.6. The molecule has 1 fully saturated rings. The van der Waals surface area contributed by atoms with Gasteiger partial charge in [-0.3, -0.25) is 9.89 Å². The Morgan fingerprint density at radius 3 is 2.37 bits per heavy atom. The van der Waals surface area contributed by atoms with Crippen LogP contribution in [-0.2, 0) is 10.2 Å². The van der Waals surface area contributed by atoms with Gasteiger partial charge >= 0.3 is 0 Å². The minimum Gasteiger partial charge on any atom is -0.387 e. The van der Waals surface area contributed by atoms with Crippen LogP contribution in [0.2, 0.25) is 0 Å². The molecule has 1 aromatic rings. The number of benzene rings is 1. The van der Waals surface area contributed by atoms with Crippen LogP contribution in [0.15, 0.2) is 29.3 Å². The highest BCUT2D eigenvalue weighted by atomic mass is 127. The third-order valence-corrected chi connectivity index (χ3v) is 5.20. The van der Waals surface area contributed by atoms with Crippen LogP contribution in [0.4, 0.5) is 0 Å². The minimum atomic E-state index is -0.571. The van der Waals surface area contributed by atoms with E-state index in [0.29, 0.717) is 12.5 Å². The monoisotopic (exact) mass is 532 g/mol. The summed E-state index contributed by atoms with van der Waals surface area (Å²) in [6, 6.07) is 8.24. The maximum atomic E-state index is 10.6. The summed E-state index contributed by atoms with van der Waals surface area (Å²) in [6.07, 6.45) is -0.571. The number of aliphatic hydroxyl groups excluding tert-OH is 1. The molecule has 0 bridgehead atoms. The van der Waals surface area contributed by atoms with Crippen LogP contribution >= 0.6 is 24.0 Å². The van der Waals surface area contributed by atoms with Gasteiger partial charge in [0.05, 0.1) is 19.3 Å². The largest absolute Gasteiger partial charge is 0.387 e. The molecule has 3 N–H and O–H groups in total. The molecule has 1 heterocycles. The lowest BCUT2D eigenvalue weighted by molar-refractivity contribution is 0.0323. The first-order valence-corrected chi connectivity index (χ1v) is 10.9. The first kappa shape index (κ1) is 27.1. The Hall–Kier alpha value is -0.900. The molecule has 0 saturated carbocycles. The molecule has 2 unspecified atom stereocenters. The summed E-state index contributed by atoms with van der Waals surface area (Å²) in [7, 11) is 0.